The van der Waals surface area contributed by atoms with E-state index in [-0.39, 0.29) is 29.3 Å². The van der Waals surface area contributed by atoms with Gasteiger partial charge in [-0.25, -0.2) is 8.42 Å². The number of benzene rings is 1. The van der Waals surface area contributed by atoms with Gasteiger partial charge in [0.1, 0.15) is 0 Å². The Hall–Kier alpha value is -0.860. The Morgan fingerprint density at radius 1 is 1.26 bits per heavy atom. The maximum atomic E-state index is 12.2. The molecular formula is C14H21Cl2N3O3S. The molecule has 1 fully saturated rings. The molecule has 1 aromatic rings. The second-order valence-corrected chi connectivity index (χ2v) is 7.48. The zero-order valence-corrected chi connectivity index (χ0v) is 15.1. The zero-order chi connectivity index (χ0) is 16.2. The number of nitrogens with one attached hydrogen (secondary N) is 3. The first-order valence-corrected chi connectivity index (χ1v) is 9.03. The van der Waals surface area contributed by atoms with Crippen molar-refractivity contribution in [3.8, 4) is 0 Å². The molecule has 1 amide bonds. The molecule has 9 heteroatoms. The summed E-state index contributed by atoms with van der Waals surface area (Å²) < 4.78 is 26.8. The number of rotatable bonds is 5. The Kier molecular flexibility index (Phi) is 7.76. The molecule has 130 valence electrons. The average Bonchev–Trinajstić information content (AvgIpc) is 2.48. The monoisotopic (exact) mass is 381 g/mol. The second-order valence-electron chi connectivity index (χ2n) is 5.33. The van der Waals surface area contributed by atoms with E-state index >= 15 is 0 Å². The third-order valence-corrected chi connectivity index (χ3v) is 5.34. The SMILES string of the molecule is CC(NS(=O)(=O)c1ccc(Cl)cc1)C(=O)NC1CCNCC1.Cl. The van der Waals surface area contributed by atoms with E-state index in [0.29, 0.717) is 5.02 Å². The van der Waals surface area contributed by atoms with Crippen molar-refractivity contribution in [3.63, 3.8) is 0 Å². The molecule has 23 heavy (non-hydrogen) atoms. The van der Waals surface area contributed by atoms with E-state index in [0.717, 1.165) is 25.9 Å². The Morgan fingerprint density at radius 3 is 2.39 bits per heavy atom. The fourth-order valence-corrected chi connectivity index (χ4v) is 3.59. The molecule has 3 N–H and O–H groups in total. The van der Waals surface area contributed by atoms with Gasteiger partial charge in [-0.2, -0.15) is 4.72 Å². The summed E-state index contributed by atoms with van der Waals surface area (Å²) in [5, 5.41) is 6.54. The van der Waals surface area contributed by atoms with Crippen LogP contribution in [0.1, 0.15) is 19.8 Å². The molecule has 1 unspecified atom stereocenters. The fraction of sp³-hybridized carbons (Fsp3) is 0.500. The molecule has 1 atom stereocenters. The highest BCUT2D eigenvalue weighted by Gasteiger charge is 2.24. The number of carbonyl (C=O) groups is 1. The van der Waals surface area contributed by atoms with Crippen molar-refractivity contribution in [2.75, 3.05) is 13.1 Å². The number of hydrogen-bond donors (Lipinski definition) is 3. The third kappa shape index (κ3) is 5.93. The summed E-state index contributed by atoms with van der Waals surface area (Å²) in [4.78, 5) is 12.2. The van der Waals surface area contributed by atoms with E-state index in [4.69, 9.17) is 11.6 Å². The van der Waals surface area contributed by atoms with Crippen molar-refractivity contribution in [2.24, 2.45) is 0 Å². The van der Waals surface area contributed by atoms with Gasteiger partial charge >= 0.3 is 0 Å². The van der Waals surface area contributed by atoms with Crippen LogP contribution in [0.15, 0.2) is 29.2 Å². The van der Waals surface area contributed by atoms with Gasteiger partial charge in [0.15, 0.2) is 0 Å². The Bertz CT molecular complexity index is 617. The summed E-state index contributed by atoms with van der Waals surface area (Å²) in [6, 6.07) is 5.06. The largest absolute Gasteiger partial charge is 0.352 e. The highest BCUT2D eigenvalue weighted by Crippen LogP contribution is 2.14. The smallest absolute Gasteiger partial charge is 0.241 e. The number of piperidine rings is 1. The lowest BCUT2D eigenvalue weighted by molar-refractivity contribution is -0.123. The van der Waals surface area contributed by atoms with E-state index in [2.05, 4.69) is 15.4 Å². The van der Waals surface area contributed by atoms with Crippen LogP contribution in [0.5, 0.6) is 0 Å². The summed E-state index contributed by atoms with van der Waals surface area (Å²) >= 11 is 5.74. The van der Waals surface area contributed by atoms with E-state index in [9.17, 15) is 13.2 Å². The van der Waals surface area contributed by atoms with Crippen LogP contribution in [0, 0.1) is 0 Å². The first kappa shape index (κ1) is 20.2. The van der Waals surface area contributed by atoms with Gasteiger partial charge in [-0.3, -0.25) is 4.79 Å². The minimum Gasteiger partial charge on any atom is -0.352 e. The molecule has 1 aromatic carbocycles. The highest BCUT2D eigenvalue weighted by atomic mass is 35.5. The maximum Gasteiger partial charge on any atom is 0.241 e. The summed E-state index contributed by atoms with van der Waals surface area (Å²) in [5.74, 6) is -0.315. The Labute approximate surface area is 147 Å². The van der Waals surface area contributed by atoms with Gasteiger partial charge in [0, 0.05) is 11.1 Å². The summed E-state index contributed by atoms with van der Waals surface area (Å²) in [7, 11) is -3.74. The van der Waals surface area contributed by atoms with E-state index in [1.165, 1.54) is 31.2 Å². The van der Waals surface area contributed by atoms with Crippen LogP contribution >= 0.6 is 24.0 Å². The Balaban J connectivity index is 0.00000264. The lowest BCUT2D eigenvalue weighted by atomic mass is 10.1. The number of halogens is 2. The van der Waals surface area contributed by atoms with Crippen LogP contribution in [0.3, 0.4) is 0 Å². The van der Waals surface area contributed by atoms with E-state index in [1.54, 1.807) is 0 Å². The van der Waals surface area contributed by atoms with Crippen LogP contribution in [0.4, 0.5) is 0 Å². The van der Waals surface area contributed by atoms with Gasteiger partial charge in [0.2, 0.25) is 15.9 Å². The summed E-state index contributed by atoms with van der Waals surface area (Å²) in [5.41, 5.74) is 0. The minimum absolute atomic E-state index is 0. The van der Waals surface area contributed by atoms with Crippen molar-refractivity contribution < 1.29 is 13.2 Å². The predicted octanol–water partition coefficient (Wildman–Crippen LogP) is 1.30. The zero-order valence-electron chi connectivity index (χ0n) is 12.7. The molecule has 6 nitrogen and oxygen atoms in total. The third-order valence-electron chi connectivity index (χ3n) is 3.53. The van der Waals surface area contributed by atoms with Gasteiger partial charge in [0.25, 0.3) is 0 Å². The molecule has 0 saturated carbocycles. The van der Waals surface area contributed by atoms with Gasteiger partial charge in [-0.1, -0.05) is 11.6 Å². The van der Waals surface area contributed by atoms with E-state index in [1.807, 2.05) is 0 Å². The normalized spacial score (nSPS) is 17.1. The lowest BCUT2D eigenvalue weighted by Gasteiger charge is -2.25. The molecular weight excluding hydrogens is 361 g/mol. The van der Waals surface area contributed by atoms with E-state index < -0.39 is 16.1 Å². The molecule has 0 bridgehead atoms. The predicted molar refractivity (Wildman–Crippen MR) is 92.5 cm³/mol. The number of carbonyl (C=O) groups excluding carboxylic acids is 1. The summed E-state index contributed by atoms with van der Waals surface area (Å²) in [6.45, 7) is 3.25. The first-order chi connectivity index (χ1) is 10.4. The molecule has 1 saturated heterocycles. The van der Waals surface area contributed by atoms with Crippen molar-refractivity contribution in [2.45, 2.75) is 36.7 Å². The van der Waals surface area contributed by atoms with Crippen LogP contribution in [0.2, 0.25) is 5.02 Å². The van der Waals surface area contributed by atoms with Crippen molar-refractivity contribution in [3.05, 3.63) is 29.3 Å². The molecule has 0 radical (unpaired) electrons. The summed E-state index contributed by atoms with van der Waals surface area (Å²) in [6.07, 6.45) is 1.70. The molecule has 0 spiro atoms. The lowest BCUT2D eigenvalue weighted by Crippen LogP contribution is -2.50. The first-order valence-electron chi connectivity index (χ1n) is 7.17. The van der Waals surface area contributed by atoms with Gasteiger partial charge < -0.3 is 10.6 Å². The second kappa shape index (κ2) is 8.84. The quantitative estimate of drug-likeness (QED) is 0.717. The molecule has 1 aliphatic rings. The average molecular weight is 382 g/mol. The molecule has 2 rings (SSSR count). The van der Waals surface area contributed by atoms with Crippen molar-refractivity contribution >= 4 is 39.9 Å². The molecule has 0 aliphatic carbocycles. The maximum absolute atomic E-state index is 12.2. The van der Waals surface area contributed by atoms with Crippen LogP contribution < -0.4 is 15.4 Å². The molecule has 0 aromatic heterocycles. The molecule has 1 heterocycles. The molecule has 1 aliphatic heterocycles. The number of sulfonamides is 1. The van der Waals surface area contributed by atoms with Crippen LogP contribution in [-0.4, -0.2) is 39.5 Å². The Morgan fingerprint density at radius 2 is 1.83 bits per heavy atom. The number of amides is 1. The van der Waals surface area contributed by atoms with Gasteiger partial charge in [0.05, 0.1) is 10.9 Å². The minimum atomic E-state index is -3.74. The number of hydrogen-bond acceptors (Lipinski definition) is 4. The van der Waals surface area contributed by atoms with Crippen LogP contribution in [0.25, 0.3) is 0 Å². The van der Waals surface area contributed by atoms with Gasteiger partial charge in [-0.05, 0) is 57.1 Å². The highest BCUT2D eigenvalue weighted by molar-refractivity contribution is 7.89. The van der Waals surface area contributed by atoms with Crippen LogP contribution in [-0.2, 0) is 14.8 Å². The van der Waals surface area contributed by atoms with Crippen molar-refractivity contribution in [1.82, 2.24) is 15.4 Å². The fourth-order valence-electron chi connectivity index (χ4n) is 2.26. The standard InChI is InChI=1S/C14H20ClN3O3S.ClH/c1-10(14(19)17-12-6-8-16-9-7-12)18-22(20,21)13-4-2-11(15)3-5-13;/h2-5,10,12,16,18H,6-9H2,1H3,(H,17,19);1H. The topological polar surface area (TPSA) is 87.3 Å². The van der Waals surface area contributed by atoms with Gasteiger partial charge in [-0.15, -0.1) is 12.4 Å². The van der Waals surface area contributed by atoms with Crippen molar-refractivity contribution in [1.29, 1.82) is 0 Å².